The van der Waals surface area contributed by atoms with Crippen LogP contribution in [-0.2, 0) is 4.79 Å². The molecule has 0 saturated heterocycles. The Morgan fingerprint density at radius 1 is 1.50 bits per heavy atom. The van der Waals surface area contributed by atoms with Gasteiger partial charge < -0.3 is 10.6 Å². The Bertz CT molecular complexity index is 566. The number of hydrogen-bond acceptors (Lipinski definition) is 3. The van der Waals surface area contributed by atoms with Crippen molar-refractivity contribution in [1.29, 1.82) is 5.26 Å². The highest BCUT2D eigenvalue weighted by Crippen LogP contribution is 2.39. The molecule has 2 N–H and O–H groups in total. The van der Waals surface area contributed by atoms with Crippen LogP contribution >= 0.6 is 23.2 Å². The Hall–Kier alpha value is -1.44. The molecule has 0 heterocycles. The summed E-state index contributed by atoms with van der Waals surface area (Å²) in [6.07, 6.45) is 1.97. The van der Waals surface area contributed by atoms with Crippen LogP contribution in [0, 0.1) is 17.2 Å². The minimum atomic E-state index is -0.781. The Balaban J connectivity index is 1.92. The molecule has 1 atom stereocenters. The van der Waals surface area contributed by atoms with Crippen molar-refractivity contribution in [2.75, 3.05) is 11.9 Å². The van der Waals surface area contributed by atoms with E-state index in [9.17, 15) is 10.1 Å². The van der Waals surface area contributed by atoms with Crippen LogP contribution in [-0.4, -0.2) is 18.0 Å². The Morgan fingerprint density at radius 3 is 2.80 bits per heavy atom. The maximum atomic E-state index is 11.9. The molecule has 0 aromatic heterocycles. The molecule has 6 heteroatoms. The Morgan fingerprint density at radius 2 is 2.20 bits per heavy atom. The summed E-state index contributed by atoms with van der Waals surface area (Å²) >= 11 is 11.9. The number of rotatable bonds is 5. The second kappa shape index (κ2) is 5.90. The fourth-order valence-electron chi connectivity index (χ4n) is 2.02. The number of anilines is 1. The van der Waals surface area contributed by atoms with E-state index in [0.717, 1.165) is 12.8 Å². The van der Waals surface area contributed by atoms with E-state index in [-0.39, 0.29) is 18.4 Å². The average molecular weight is 312 g/mol. The van der Waals surface area contributed by atoms with Gasteiger partial charge in [-0.25, -0.2) is 0 Å². The predicted octanol–water partition coefficient (Wildman–Crippen LogP) is 3.21. The lowest BCUT2D eigenvalue weighted by Crippen LogP contribution is -2.48. The van der Waals surface area contributed by atoms with Gasteiger partial charge in [-0.3, -0.25) is 4.79 Å². The Kier molecular flexibility index (Phi) is 4.42. The van der Waals surface area contributed by atoms with Crippen LogP contribution in [0.15, 0.2) is 18.2 Å². The molecule has 1 saturated carbocycles. The van der Waals surface area contributed by atoms with Crippen molar-refractivity contribution in [3.63, 3.8) is 0 Å². The third-order valence-corrected chi connectivity index (χ3v) is 3.96. The zero-order valence-corrected chi connectivity index (χ0v) is 12.6. The van der Waals surface area contributed by atoms with Crippen molar-refractivity contribution in [3.8, 4) is 6.07 Å². The first-order valence-corrected chi connectivity index (χ1v) is 7.11. The molecule has 1 aliphatic carbocycles. The van der Waals surface area contributed by atoms with Gasteiger partial charge in [0.1, 0.15) is 5.54 Å². The third-order valence-electron chi connectivity index (χ3n) is 3.39. The van der Waals surface area contributed by atoms with E-state index in [0.29, 0.717) is 15.7 Å². The summed E-state index contributed by atoms with van der Waals surface area (Å²) in [6, 6.07) is 7.17. The smallest absolute Gasteiger partial charge is 0.240 e. The minimum Gasteiger partial charge on any atom is -0.375 e. The largest absolute Gasteiger partial charge is 0.375 e. The van der Waals surface area contributed by atoms with Gasteiger partial charge in [-0.2, -0.15) is 5.26 Å². The lowest BCUT2D eigenvalue weighted by atomic mass is 9.98. The van der Waals surface area contributed by atoms with Crippen molar-refractivity contribution in [2.45, 2.75) is 25.3 Å². The summed E-state index contributed by atoms with van der Waals surface area (Å²) in [7, 11) is 0. The van der Waals surface area contributed by atoms with Gasteiger partial charge in [0.2, 0.25) is 5.91 Å². The van der Waals surface area contributed by atoms with E-state index in [1.54, 1.807) is 25.1 Å². The van der Waals surface area contributed by atoms with Crippen LogP contribution in [0.4, 0.5) is 5.69 Å². The molecule has 1 aromatic rings. The van der Waals surface area contributed by atoms with Crippen LogP contribution in [0.25, 0.3) is 0 Å². The summed E-state index contributed by atoms with van der Waals surface area (Å²) in [6.45, 7) is 1.80. The lowest BCUT2D eigenvalue weighted by Gasteiger charge is -2.23. The molecule has 1 aromatic carbocycles. The lowest BCUT2D eigenvalue weighted by molar-refractivity contribution is -0.120. The first-order chi connectivity index (χ1) is 9.44. The van der Waals surface area contributed by atoms with Crippen LogP contribution in [0.5, 0.6) is 0 Å². The standard InChI is InChI=1S/C14H15Cl2N3O/c1-14(8-17,9-2-3-9)19-13(20)7-18-12-6-10(15)4-5-11(12)16/h4-6,9,18H,2-3,7H2,1H3,(H,19,20). The van der Waals surface area contributed by atoms with Gasteiger partial charge in [-0.15, -0.1) is 0 Å². The van der Waals surface area contributed by atoms with Gasteiger partial charge in [-0.1, -0.05) is 23.2 Å². The molecule has 0 radical (unpaired) electrons. The number of amides is 1. The Labute approximate surface area is 128 Å². The van der Waals surface area contributed by atoms with Crippen LogP contribution in [0.3, 0.4) is 0 Å². The highest BCUT2D eigenvalue weighted by atomic mass is 35.5. The van der Waals surface area contributed by atoms with E-state index in [4.69, 9.17) is 23.2 Å². The predicted molar refractivity (Wildman–Crippen MR) is 79.8 cm³/mol. The number of halogens is 2. The number of carbonyl (C=O) groups excluding carboxylic acids is 1. The summed E-state index contributed by atoms with van der Waals surface area (Å²) in [5, 5.41) is 15.9. The van der Waals surface area contributed by atoms with Crippen molar-refractivity contribution in [3.05, 3.63) is 28.2 Å². The zero-order valence-electron chi connectivity index (χ0n) is 11.0. The molecule has 2 rings (SSSR count). The zero-order chi connectivity index (χ0) is 14.8. The van der Waals surface area contributed by atoms with E-state index < -0.39 is 5.54 Å². The fraction of sp³-hybridized carbons (Fsp3) is 0.429. The highest BCUT2D eigenvalue weighted by molar-refractivity contribution is 6.35. The molecular weight excluding hydrogens is 297 g/mol. The molecule has 1 fully saturated rings. The molecule has 0 aliphatic heterocycles. The molecule has 106 valence electrons. The molecule has 0 spiro atoms. The first-order valence-electron chi connectivity index (χ1n) is 6.36. The second-order valence-electron chi connectivity index (χ2n) is 5.11. The van der Waals surface area contributed by atoms with Crippen LogP contribution in [0.2, 0.25) is 10.0 Å². The number of hydrogen-bond donors (Lipinski definition) is 2. The van der Waals surface area contributed by atoms with Gasteiger partial charge in [0.15, 0.2) is 0 Å². The number of carbonyl (C=O) groups is 1. The average Bonchev–Trinajstić information content (AvgIpc) is 3.24. The molecule has 0 bridgehead atoms. The summed E-state index contributed by atoms with van der Waals surface area (Å²) in [5.41, 5.74) is -0.184. The van der Waals surface area contributed by atoms with E-state index in [2.05, 4.69) is 16.7 Å². The number of nitrogens with one attached hydrogen (secondary N) is 2. The van der Waals surface area contributed by atoms with E-state index in [1.807, 2.05) is 0 Å². The normalized spacial score (nSPS) is 16.9. The van der Waals surface area contributed by atoms with E-state index >= 15 is 0 Å². The SMILES string of the molecule is CC(C#N)(NC(=O)CNc1cc(Cl)ccc1Cl)C1CC1. The summed E-state index contributed by atoms with van der Waals surface area (Å²) < 4.78 is 0. The number of nitrogens with zero attached hydrogens (tertiary/aromatic N) is 1. The molecule has 1 unspecified atom stereocenters. The van der Waals surface area contributed by atoms with Crippen molar-refractivity contribution in [2.24, 2.45) is 5.92 Å². The van der Waals surface area contributed by atoms with Gasteiger partial charge in [0.05, 0.1) is 23.3 Å². The molecule has 1 aliphatic rings. The second-order valence-corrected chi connectivity index (χ2v) is 5.96. The maximum absolute atomic E-state index is 11.9. The first kappa shape index (κ1) is 15.0. The van der Waals surface area contributed by atoms with Gasteiger partial charge in [0.25, 0.3) is 0 Å². The maximum Gasteiger partial charge on any atom is 0.240 e. The fourth-order valence-corrected chi connectivity index (χ4v) is 2.38. The molecular formula is C14H15Cl2N3O. The third kappa shape index (κ3) is 3.56. The molecule has 4 nitrogen and oxygen atoms in total. The molecule has 20 heavy (non-hydrogen) atoms. The van der Waals surface area contributed by atoms with Crippen LogP contribution in [0.1, 0.15) is 19.8 Å². The highest BCUT2D eigenvalue weighted by Gasteiger charge is 2.42. The molecule has 1 amide bonds. The van der Waals surface area contributed by atoms with Crippen molar-refractivity contribution in [1.82, 2.24) is 5.32 Å². The number of benzene rings is 1. The van der Waals surface area contributed by atoms with Crippen LogP contribution < -0.4 is 10.6 Å². The monoisotopic (exact) mass is 311 g/mol. The van der Waals surface area contributed by atoms with Gasteiger partial charge in [0, 0.05) is 5.02 Å². The quantitative estimate of drug-likeness (QED) is 0.877. The minimum absolute atomic E-state index is 0.0457. The van der Waals surface area contributed by atoms with E-state index in [1.165, 1.54) is 0 Å². The summed E-state index contributed by atoms with van der Waals surface area (Å²) in [5.74, 6) is 0.0169. The van der Waals surface area contributed by atoms with Gasteiger partial charge >= 0.3 is 0 Å². The van der Waals surface area contributed by atoms with Crippen molar-refractivity contribution < 1.29 is 4.79 Å². The summed E-state index contributed by atoms with van der Waals surface area (Å²) in [4.78, 5) is 11.9. The topological polar surface area (TPSA) is 64.9 Å². The van der Waals surface area contributed by atoms with Gasteiger partial charge in [-0.05, 0) is 43.9 Å². The van der Waals surface area contributed by atoms with Crippen molar-refractivity contribution >= 4 is 34.8 Å². The number of nitriles is 1.